The number of nitro benzene ring substituents is 1. The normalized spacial score (nSPS) is 21.2. The van der Waals surface area contributed by atoms with Crippen LogP contribution < -0.4 is 9.64 Å². The number of isothiocyanates is 1. The average Bonchev–Trinajstić information content (AvgIpc) is 2.80. The number of aliphatic imine (C=N–C) groups is 1. The van der Waals surface area contributed by atoms with E-state index in [1.165, 1.54) is 12.1 Å². The molecule has 6 nitrogen and oxygen atoms in total. The van der Waals surface area contributed by atoms with E-state index in [-0.39, 0.29) is 5.69 Å². The van der Waals surface area contributed by atoms with Crippen molar-refractivity contribution in [2.45, 2.75) is 25.0 Å². The van der Waals surface area contributed by atoms with Crippen molar-refractivity contribution in [3.05, 3.63) is 63.7 Å². The number of benzene rings is 2. The summed E-state index contributed by atoms with van der Waals surface area (Å²) >= 11 is 4.72. The highest BCUT2D eigenvalue weighted by Crippen LogP contribution is 2.55. The van der Waals surface area contributed by atoms with E-state index < -0.39 is 16.1 Å². The standard InChI is InChI=1S/C20H17N3O3S/c1-19(2)16-11-14(21-12-27)4-6-17(16)22(3)20(19)9-8-13-10-15(23(24)25)5-7-18(13)26-20/h4-11H,1-3H3. The lowest BCUT2D eigenvalue weighted by molar-refractivity contribution is -0.384. The van der Waals surface area contributed by atoms with Crippen molar-refractivity contribution in [1.29, 1.82) is 0 Å². The van der Waals surface area contributed by atoms with Crippen LogP contribution >= 0.6 is 12.2 Å². The van der Waals surface area contributed by atoms with E-state index in [0.29, 0.717) is 11.3 Å². The van der Waals surface area contributed by atoms with Crippen LogP contribution in [0.25, 0.3) is 6.08 Å². The van der Waals surface area contributed by atoms with Crippen LogP contribution in [0.1, 0.15) is 25.0 Å². The first kappa shape index (κ1) is 17.4. The zero-order valence-electron chi connectivity index (χ0n) is 15.1. The molecule has 2 aliphatic rings. The molecule has 1 spiro atoms. The van der Waals surface area contributed by atoms with Gasteiger partial charge in [-0.1, -0.05) is 0 Å². The zero-order valence-corrected chi connectivity index (χ0v) is 15.9. The van der Waals surface area contributed by atoms with Crippen LogP contribution in [0.2, 0.25) is 0 Å². The maximum absolute atomic E-state index is 11.0. The predicted molar refractivity (Wildman–Crippen MR) is 108 cm³/mol. The van der Waals surface area contributed by atoms with E-state index in [4.69, 9.17) is 17.0 Å². The van der Waals surface area contributed by atoms with Gasteiger partial charge in [-0.2, -0.15) is 4.99 Å². The van der Waals surface area contributed by atoms with Gasteiger partial charge in [0.1, 0.15) is 5.75 Å². The molecular formula is C20H17N3O3S. The molecule has 1 unspecified atom stereocenters. The van der Waals surface area contributed by atoms with E-state index in [2.05, 4.69) is 28.9 Å². The van der Waals surface area contributed by atoms with Crippen molar-refractivity contribution in [3.8, 4) is 5.75 Å². The smallest absolute Gasteiger partial charge is 0.270 e. The average molecular weight is 379 g/mol. The van der Waals surface area contributed by atoms with Gasteiger partial charge >= 0.3 is 0 Å². The van der Waals surface area contributed by atoms with Crippen molar-refractivity contribution >= 4 is 40.5 Å². The number of hydrogen-bond acceptors (Lipinski definition) is 6. The molecule has 0 radical (unpaired) electrons. The maximum Gasteiger partial charge on any atom is 0.270 e. The lowest BCUT2D eigenvalue weighted by Gasteiger charge is -2.45. The number of anilines is 1. The summed E-state index contributed by atoms with van der Waals surface area (Å²) in [6.07, 6.45) is 3.87. The Hall–Kier alpha value is -3.02. The fraction of sp³-hybridized carbons (Fsp3) is 0.250. The summed E-state index contributed by atoms with van der Waals surface area (Å²) in [6.45, 7) is 4.22. The fourth-order valence-electron chi connectivity index (χ4n) is 4.02. The highest BCUT2D eigenvalue weighted by atomic mass is 32.1. The van der Waals surface area contributed by atoms with Crippen LogP contribution in [-0.2, 0) is 5.41 Å². The van der Waals surface area contributed by atoms with Gasteiger partial charge < -0.3 is 9.64 Å². The Kier molecular flexibility index (Phi) is 3.70. The van der Waals surface area contributed by atoms with Crippen LogP contribution in [0.5, 0.6) is 5.75 Å². The van der Waals surface area contributed by atoms with E-state index in [9.17, 15) is 10.1 Å². The Morgan fingerprint density at radius 1 is 1.26 bits per heavy atom. The molecule has 2 aromatic rings. The van der Waals surface area contributed by atoms with E-state index >= 15 is 0 Å². The molecular weight excluding hydrogens is 362 g/mol. The topological polar surface area (TPSA) is 68.0 Å². The zero-order chi connectivity index (χ0) is 19.4. The molecule has 2 aliphatic heterocycles. The highest BCUT2D eigenvalue weighted by Gasteiger charge is 2.57. The first-order valence-corrected chi connectivity index (χ1v) is 8.84. The van der Waals surface area contributed by atoms with Crippen molar-refractivity contribution in [3.63, 3.8) is 0 Å². The molecule has 0 saturated heterocycles. The minimum Gasteiger partial charge on any atom is -0.463 e. The Morgan fingerprint density at radius 2 is 2.04 bits per heavy atom. The summed E-state index contributed by atoms with van der Waals surface area (Å²) < 4.78 is 6.47. The number of fused-ring (bicyclic) bond motifs is 2. The number of likely N-dealkylation sites (N-methyl/N-ethyl adjacent to an activating group) is 1. The van der Waals surface area contributed by atoms with E-state index in [0.717, 1.165) is 16.9 Å². The van der Waals surface area contributed by atoms with Gasteiger partial charge in [0.25, 0.3) is 5.69 Å². The molecule has 2 heterocycles. The van der Waals surface area contributed by atoms with Crippen molar-refractivity contribution < 1.29 is 9.66 Å². The van der Waals surface area contributed by atoms with Gasteiger partial charge in [0, 0.05) is 30.4 Å². The third kappa shape index (κ3) is 2.32. The predicted octanol–water partition coefficient (Wildman–Crippen LogP) is 4.86. The van der Waals surface area contributed by atoms with Gasteiger partial charge in [0.05, 0.1) is 21.2 Å². The third-order valence-corrected chi connectivity index (χ3v) is 5.63. The first-order chi connectivity index (χ1) is 12.8. The minimum absolute atomic E-state index is 0.0444. The van der Waals surface area contributed by atoms with Crippen LogP contribution in [0.3, 0.4) is 0 Å². The van der Waals surface area contributed by atoms with Gasteiger partial charge in [-0.25, -0.2) is 0 Å². The first-order valence-electron chi connectivity index (χ1n) is 8.43. The van der Waals surface area contributed by atoms with Crippen LogP contribution in [0.15, 0.2) is 47.5 Å². The number of nitro groups is 1. The molecule has 7 heteroatoms. The van der Waals surface area contributed by atoms with Gasteiger partial charge in [-0.05, 0) is 68.0 Å². The number of ether oxygens (including phenoxy) is 1. The number of thiocarbonyl (C=S) groups is 1. The molecule has 0 aliphatic carbocycles. The maximum atomic E-state index is 11.0. The van der Waals surface area contributed by atoms with Crippen LogP contribution in [0, 0.1) is 10.1 Å². The van der Waals surface area contributed by atoms with Gasteiger partial charge in [-0.3, -0.25) is 10.1 Å². The van der Waals surface area contributed by atoms with Crippen LogP contribution in [0.4, 0.5) is 17.1 Å². The molecule has 2 aromatic carbocycles. The van der Waals surface area contributed by atoms with Gasteiger partial charge in [-0.15, -0.1) is 0 Å². The van der Waals surface area contributed by atoms with Crippen molar-refractivity contribution in [2.75, 3.05) is 11.9 Å². The number of non-ortho nitro benzene ring substituents is 1. The molecule has 136 valence electrons. The number of hydrogen-bond donors (Lipinski definition) is 0. The quantitative estimate of drug-likeness (QED) is 0.323. The lowest BCUT2D eigenvalue weighted by Crippen LogP contribution is -2.58. The summed E-state index contributed by atoms with van der Waals surface area (Å²) in [6, 6.07) is 10.6. The second-order valence-electron chi connectivity index (χ2n) is 7.20. The monoisotopic (exact) mass is 379 g/mol. The number of rotatable bonds is 2. The molecule has 1 atom stereocenters. The minimum atomic E-state index is -0.752. The highest BCUT2D eigenvalue weighted by molar-refractivity contribution is 7.78. The molecule has 0 bridgehead atoms. The summed E-state index contributed by atoms with van der Waals surface area (Å²) in [7, 11) is 1.98. The van der Waals surface area contributed by atoms with E-state index in [1.54, 1.807) is 6.07 Å². The van der Waals surface area contributed by atoms with Gasteiger partial charge in [0.2, 0.25) is 5.72 Å². The molecule has 0 aromatic heterocycles. The summed E-state index contributed by atoms with van der Waals surface area (Å²) in [5.74, 6) is 0.618. The summed E-state index contributed by atoms with van der Waals surface area (Å²) in [4.78, 5) is 16.8. The Balaban J connectivity index is 1.83. The molecule has 0 saturated carbocycles. The third-order valence-electron chi connectivity index (χ3n) is 5.54. The number of nitrogens with zero attached hydrogens (tertiary/aromatic N) is 3. The molecule has 0 fully saturated rings. The largest absolute Gasteiger partial charge is 0.463 e. The second-order valence-corrected chi connectivity index (χ2v) is 7.38. The summed E-state index contributed by atoms with van der Waals surface area (Å²) in [5, 5.41) is 13.4. The molecule has 0 amide bonds. The molecule has 27 heavy (non-hydrogen) atoms. The Labute approximate surface area is 161 Å². The van der Waals surface area contributed by atoms with Crippen molar-refractivity contribution in [1.82, 2.24) is 0 Å². The SMILES string of the molecule is CN1c2ccc(N=C=S)cc2C(C)(C)C12C=Cc1cc([N+](=O)[O-])ccc1O2. The second kappa shape index (κ2) is 5.74. The van der Waals surface area contributed by atoms with E-state index in [1.807, 2.05) is 37.4 Å². The summed E-state index contributed by atoms with van der Waals surface area (Å²) in [5.41, 5.74) is 2.46. The Morgan fingerprint density at radius 3 is 2.74 bits per heavy atom. The Bertz CT molecular complexity index is 1060. The molecule has 4 rings (SSSR count). The van der Waals surface area contributed by atoms with Crippen molar-refractivity contribution in [2.24, 2.45) is 4.99 Å². The molecule has 0 N–H and O–H groups in total. The lowest BCUT2D eigenvalue weighted by atomic mass is 9.76. The van der Waals surface area contributed by atoms with Gasteiger partial charge in [0.15, 0.2) is 0 Å². The van der Waals surface area contributed by atoms with Crippen LogP contribution in [-0.4, -0.2) is 22.9 Å². The fourth-order valence-corrected chi connectivity index (χ4v) is 4.13.